The SMILES string of the molecule is CCC(CC)N(CCOC)C(=O)C1CCCNC1C. The smallest absolute Gasteiger partial charge is 0.227 e. The van der Waals surface area contributed by atoms with Gasteiger partial charge in [-0.15, -0.1) is 0 Å². The van der Waals surface area contributed by atoms with Crippen molar-refractivity contribution in [2.24, 2.45) is 5.92 Å². The molecule has 4 nitrogen and oxygen atoms in total. The average Bonchev–Trinajstić information content (AvgIpc) is 2.43. The third-order valence-electron chi connectivity index (χ3n) is 4.28. The predicted octanol–water partition coefficient (Wildman–Crippen LogP) is 2.04. The zero-order chi connectivity index (χ0) is 14.3. The highest BCUT2D eigenvalue weighted by Gasteiger charge is 2.32. The van der Waals surface area contributed by atoms with Crippen LogP contribution in [0.4, 0.5) is 0 Å². The van der Waals surface area contributed by atoms with Crippen LogP contribution in [-0.2, 0) is 9.53 Å². The fourth-order valence-corrected chi connectivity index (χ4v) is 2.99. The average molecular weight is 270 g/mol. The molecule has 0 aliphatic carbocycles. The third-order valence-corrected chi connectivity index (χ3v) is 4.28. The van der Waals surface area contributed by atoms with Crippen LogP contribution < -0.4 is 5.32 Å². The molecule has 0 aromatic rings. The van der Waals surface area contributed by atoms with E-state index in [9.17, 15) is 4.79 Å². The number of rotatable bonds is 7. The molecule has 0 aromatic carbocycles. The summed E-state index contributed by atoms with van der Waals surface area (Å²) < 4.78 is 5.17. The van der Waals surface area contributed by atoms with Gasteiger partial charge >= 0.3 is 0 Å². The second kappa shape index (κ2) is 8.54. The molecule has 1 amide bonds. The minimum atomic E-state index is 0.131. The standard InChI is InChI=1S/C15H30N2O2/c1-5-13(6-2)17(10-11-19-4)15(18)14-8-7-9-16-12(14)3/h12-14,16H,5-11H2,1-4H3. The van der Waals surface area contributed by atoms with Gasteiger partial charge in [-0.2, -0.15) is 0 Å². The van der Waals surface area contributed by atoms with E-state index in [2.05, 4.69) is 31.0 Å². The molecule has 2 atom stereocenters. The number of carbonyl (C=O) groups is 1. The van der Waals surface area contributed by atoms with Crippen molar-refractivity contribution in [3.05, 3.63) is 0 Å². The molecule has 1 rings (SSSR count). The van der Waals surface area contributed by atoms with Gasteiger partial charge in [0.15, 0.2) is 0 Å². The van der Waals surface area contributed by atoms with E-state index in [0.717, 1.165) is 32.2 Å². The van der Waals surface area contributed by atoms with E-state index in [1.807, 2.05) is 0 Å². The van der Waals surface area contributed by atoms with Gasteiger partial charge in [0.1, 0.15) is 0 Å². The lowest BCUT2D eigenvalue weighted by molar-refractivity contribution is -0.140. The van der Waals surface area contributed by atoms with Gasteiger partial charge in [-0.05, 0) is 39.2 Å². The number of piperidine rings is 1. The number of hydrogen-bond acceptors (Lipinski definition) is 3. The Balaban J connectivity index is 2.73. The molecular formula is C15H30N2O2. The second-order valence-electron chi connectivity index (χ2n) is 5.49. The molecule has 0 aromatic heterocycles. The van der Waals surface area contributed by atoms with Crippen LogP contribution in [0.2, 0.25) is 0 Å². The third kappa shape index (κ3) is 4.46. The summed E-state index contributed by atoms with van der Waals surface area (Å²) in [7, 11) is 1.69. The minimum Gasteiger partial charge on any atom is -0.383 e. The number of amides is 1. The molecule has 19 heavy (non-hydrogen) atoms. The Bertz CT molecular complexity index is 267. The molecule has 2 unspecified atom stereocenters. The molecular weight excluding hydrogens is 240 g/mol. The fraction of sp³-hybridized carbons (Fsp3) is 0.933. The molecule has 1 aliphatic rings. The van der Waals surface area contributed by atoms with Crippen LogP contribution in [0.1, 0.15) is 46.5 Å². The molecule has 1 fully saturated rings. The highest BCUT2D eigenvalue weighted by Crippen LogP contribution is 2.21. The van der Waals surface area contributed by atoms with Crippen LogP contribution in [0.25, 0.3) is 0 Å². The Morgan fingerprint density at radius 2 is 2.11 bits per heavy atom. The summed E-state index contributed by atoms with van der Waals surface area (Å²) in [6.45, 7) is 8.81. The maximum atomic E-state index is 12.8. The van der Waals surface area contributed by atoms with Gasteiger partial charge in [0, 0.05) is 25.7 Å². The molecule has 4 heteroatoms. The Hall–Kier alpha value is -0.610. The van der Waals surface area contributed by atoms with Gasteiger partial charge in [-0.25, -0.2) is 0 Å². The first-order chi connectivity index (χ1) is 9.15. The van der Waals surface area contributed by atoms with Crippen molar-refractivity contribution in [1.29, 1.82) is 0 Å². The Morgan fingerprint density at radius 1 is 1.42 bits per heavy atom. The second-order valence-corrected chi connectivity index (χ2v) is 5.49. The molecule has 0 spiro atoms. The quantitative estimate of drug-likeness (QED) is 0.770. The summed E-state index contributed by atoms with van der Waals surface area (Å²) in [5.74, 6) is 0.441. The van der Waals surface area contributed by atoms with Gasteiger partial charge in [0.2, 0.25) is 5.91 Å². The lowest BCUT2D eigenvalue weighted by Crippen LogP contribution is -2.51. The van der Waals surface area contributed by atoms with E-state index in [1.165, 1.54) is 0 Å². The number of nitrogens with one attached hydrogen (secondary N) is 1. The first-order valence-electron chi connectivity index (χ1n) is 7.68. The fourth-order valence-electron chi connectivity index (χ4n) is 2.99. The van der Waals surface area contributed by atoms with E-state index >= 15 is 0 Å². The van der Waals surface area contributed by atoms with Crippen LogP contribution >= 0.6 is 0 Å². The van der Waals surface area contributed by atoms with Gasteiger partial charge in [0.05, 0.1) is 12.5 Å². The Kier molecular flexibility index (Phi) is 7.39. The summed E-state index contributed by atoms with van der Waals surface area (Å²) in [5.41, 5.74) is 0. The van der Waals surface area contributed by atoms with Crippen LogP contribution in [0.3, 0.4) is 0 Å². The van der Waals surface area contributed by atoms with E-state index in [1.54, 1.807) is 7.11 Å². The number of hydrogen-bond donors (Lipinski definition) is 1. The predicted molar refractivity (Wildman–Crippen MR) is 78.1 cm³/mol. The summed E-state index contributed by atoms with van der Waals surface area (Å²) in [4.78, 5) is 14.9. The highest BCUT2D eigenvalue weighted by atomic mass is 16.5. The molecule has 1 heterocycles. The topological polar surface area (TPSA) is 41.6 Å². The van der Waals surface area contributed by atoms with Crippen molar-refractivity contribution in [3.8, 4) is 0 Å². The molecule has 0 radical (unpaired) electrons. The molecule has 1 aliphatic heterocycles. The lowest BCUT2D eigenvalue weighted by Gasteiger charge is -2.37. The number of nitrogens with zero attached hydrogens (tertiary/aromatic N) is 1. The number of methoxy groups -OCH3 is 1. The van der Waals surface area contributed by atoms with Gasteiger partial charge in [0.25, 0.3) is 0 Å². The van der Waals surface area contributed by atoms with Crippen LogP contribution in [-0.4, -0.2) is 49.7 Å². The first-order valence-corrected chi connectivity index (χ1v) is 7.68. The van der Waals surface area contributed by atoms with Gasteiger partial charge in [-0.3, -0.25) is 4.79 Å². The van der Waals surface area contributed by atoms with Crippen LogP contribution in [0.5, 0.6) is 0 Å². The molecule has 112 valence electrons. The molecule has 1 saturated heterocycles. The van der Waals surface area contributed by atoms with E-state index in [0.29, 0.717) is 31.1 Å². The summed E-state index contributed by atoms with van der Waals surface area (Å²) >= 11 is 0. The van der Waals surface area contributed by atoms with Crippen LogP contribution in [0.15, 0.2) is 0 Å². The maximum Gasteiger partial charge on any atom is 0.227 e. The minimum absolute atomic E-state index is 0.131. The lowest BCUT2D eigenvalue weighted by atomic mass is 9.90. The largest absolute Gasteiger partial charge is 0.383 e. The normalized spacial score (nSPS) is 23.6. The molecule has 1 N–H and O–H groups in total. The summed E-state index contributed by atoms with van der Waals surface area (Å²) in [6, 6.07) is 0.637. The van der Waals surface area contributed by atoms with Crippen molar-refractivity contribution in [1.82, 2.24) is 10.2 Å². The van der Waals surface area contributed by atoms with E-state index < -0.39 is 0 Å². The zero-order valence-corrected chi connectivity index (χ0v) is 12.9. The number of carbonyl (C=O) groups excluding carboxylic acids is 1. The Labute approximate surface area is 117 Å². The monoisotopic (exact) mass is 270 g/mol. The van der Waals surface area contributed by atoms with Crippen molar-refractivity contribution in [3.63, 3.8) is 0 Å². The van der Waals surface area contributed by atoms with Crippen molar-refractivity contribution in [2.45, 2.75) is 58.5 Å². The van der Waals surface area contributed by atoms with Gasteiger partial charge in [-0.1, -0.05) is 13.8 Å². The van der Waals surface area contributed by atoms with Crippen molar-refractivity contribution in [2.75, 3.05) is 26.8 Å². The zero-order valence-electron chi connectivity index (χ0n) is 12.9. The first kappa shape index (κ1) is 16.4. The van der Waals surface area contributed by atoms with Gasteiger partial charge < -0.3 is 15.0 Å². The highest BCUT2D eigenvalue weighted by molar-refractivity contribution is 5.80. The molecule has 0 saturated carbocycles. The van der Waals surface area contributed by atoms with Crippen LogP contribution in [0, 0.1) is 5.92 Å². The molecule has 0 bridgehead atoms. The summed E-state index contributed by atoms with van der Waals surface area (Å²) in [5, 5.41) is 3.42. The van der Waals surface area contributed by atoms with Crippen molar-refractivity contribution >= 4 is 5.91 Å². The summed E-state index contributed by atoms with van der Waals surface area (Å²) in [6.07, 6.45) is 4.14. The van der Waals surface area contributed by atoms with E-state index in [4.69, 9.17) is 4.74 Å². The maximum absolute atomic E-state index is 12.8. The Morgan fingerprint density at radius 3 is 2.63 bits per heavy atom. The van der Waals surface area contributed by atoms with Crippen molar-refractivity contribution < 1.29 is 9.53 Å². The van der Waals surface area contributed by atoms with E-state index in [-0.39, 0.29) is 5.92 Å². The number of ether oxygens (including phenoxy) is 1.